The standard InChI is InChI=1S/C10H14N2.C2H6/c1-8(2)10-7-9-5-3-4-6-12(9)11-10;1-2/h3-8,10-11H,1-2H3;1-2H3. The van der Waals surface area contributed by atoms with Crippen LogP contribution in [-0.4, -0.2) is 11.1 Å². The van der Waals surface area contributed by atoms with Crippen LogP contribution in [-0.2, 0) is 0 Å². The van der Waals surface area contributed by atoms with Crippen LogP contribution in [0.4, 0.5) is 0 Å². The van der Waals surface area contributed by atoms with Crippen LogP contribution in [0.1, 0.15) is 27.7 Å². The molecule has 0 radical (unpaired) electrons. The first-order valence-electron chi connectivity index (χ1n) is 5.39. The fourth-order valence-electron chi connectivity index (χ4n) is 1.43. The molecule has 0 saturated heterocycles. The summed E-state index contributed by atoms with van der Waals surface area (Å²) in [6.07, 6.45) is 10.5. The number of allylic oxidation sites excluding steroid dienone is 3. The van der Waals surface area contributed by atoms with Gasteiger partial charge >= 0.3 is 0 Å². The molecular weight excluding hydrogens is 172 g/mol. The lowest BCUT2D eigenvalue weighted by Gasteiger charge is -2.21. The average molecular weight is 192 g/mol. The minimum absolute atomic E-state index is 0.479. The predicted octanol–water partition coefficient (Wildman–Crippen LogP) is 2.82. The molecule has 1 unspecified atom stereocenters. The van der Waals surface area contributed by atoms with Crippen LogP contribution in [0.5, 0.6) is 0 Å². The van der Waals surface area contributed by atoms with E-state index < -0.39 is 0 Å². The Morgan fingerprint density at radius 3 is 2.57 bits per heavy atom. The zero-order valence-corrected chi connectivity index (χ0v) is 9.49. The van der Waals surface area contributed by atoms with Gasteiger partial charge in [0.15, 0.2) is 0 Å². The minimum Gasteiger partial charge on any atom is -0.284 e. The quantitative estimate of drug-likeness (QED) is 0.687. The summed E-state index contributed by atoms with van der Waals surface area (Å²) in [5, 5.41) is 2.07. The van der Waals surface area contributed by atoms with Gasteiger partial charge in [0.05, 0.1) is 5.70 Å². The molecule has 2 aliphatic rings. The van der Waals surface area contributed by atoms with Crippen molar-refractivity contribution >= 4 is 0 Å². The molecule has 1 N–H and O–H groups in total. The third kappa shape index (κ3) is 2.26. The fraction of sp³-hybridized carbons (Fsp3) is 0.500. The van der Waals surface area contributed by atoms with Crippen LogP contribution in [0, 0.1) is 5.92 Å². The molecule has 0 spiro atoms. The molecule has 2 rings (SSSR count). The molecule has 0 fully saturated rings. The minimum atomic E-state index is 0.479. The first-order valence-corrected chi connectivity index (χ1v) is 5.39. The molecule has 78 valence electrons. The molecule has 2 nitrogen and oxygen atoms in total. The summed E-state index contributed by atoms with van der Waals surface area (Å²) in [6.45, 7) is 8.45. The lowest BCUT2D eigenvalue weighted by atomic mass is 10.1. The number of fused-ring (bicyclic) bond motifs is 1. The summed E-state index contributed by atoms with van der Waals surface area (Å²) in [5.74, 6) is 0.643. The van der Waals surface area contributed by atoms with Gasteiger partial charge in [0.25, 0.3) is 0 Å². The highest BCUT2D eigenvalue weighted by Crippen LogP contribution is 2.20. The van der Waals surface area contributed by atoms with E-state index in [1.54, 1.807) is 0 Å². The lowest BCUT2D eigenvalue weighted by molar-refractivity contribution is 0.313. The second-order valence-electron chi connectivity index (χ2n) is 3.56. The summed E-state index contributed by atoms with van der Waals surface area (Å²) < 4.78 is 0. The summed E-state index contributed by atoms with van der Waals surface area (Å²) in [6, 6.07) is 0.479. The molecule has 14 heavy (non-hydrogen) atoms. The second kappa shape index (κ2) is 5.01. The number of nitrogens with one attached hydrogen (secondary N) is 1. The summed E-state index contributed by atoms with van der Waals surface area (Å²) in [7, 11) is 0. The van der Waals surface area contributed by atoms with Gasteiger partial charge in [-0.25, -0.2) is 5.43 Å². The van der Waals surface area contributed by atoms with Gasteiger partial charge in [-0.15, -0.1) is 0 Å². The van der Waals surface area contributed by atoms with Crippen LogP contribution < -0.4 is 5.43 Å². The zero-order valence-electron chi connectivity index (χ0n) is 9.49. The van der Waals surface area contributed by atoms with Crippen LogP contribution in [0.2, 0.25) is 0 Å². The maximum atomic E-state index is 3.40. The van der Waals surface area contributed by atoms with Gasteiger partial charge in [-0.05, 0) is 24.1 Å². The van der Waals surface area contributed by atoms with Crippen LogP contribution >= 0.6 is 0 Å². The topological polar surface area (TPSA) is 15.3 Å². The third-order valence-electron chi connectivity index (χ3n) is 2.25. The van der Waals surface area contributed by atoms with E-state index in [1.165, 1.54) is 5.70 Å². The van der Waals surface area contributed by atoms with Gasteiger partial charge in [0, 0.05) is 12.2 Å². The van der Waals surface area contributed by atoms with Crippen LogP contribution in [0.25, 0.3) is 0 Å². The van der Waals surface area contributed by atoms with E-state index in [0.717, 1.165) is 0 Å². The Labute approximate surface area is 87.0 Å². The third-order valence-corrected chi connectivity index (χ3v) is 2.25. The van der Waals surface area contributed by atoms with Crippen LogP contribution in [0.3, 0.4) is 0 Å². The van der Waals surface area contributed by atoms with E-state index in [1.807, 2.05) is 26.1 Å². The molecule has 0 aromatic carbocycles. The summed E-state index contributed by atoms with van der Waals surface area (Å²) >= 11 is 0. The highest BCUT2D eigenvalue weighted by Gasteiger charge is 2.22. The Kier molecular flexibility index (Phi) is 3.96. The Hall–Kier alpha value is -1.02. The molecule has 2 heterocycles. The van der Waals surface area contributed by atoms with Crippen molar-refractivity contribution in [2.45, 2.75) is 33.7 Å². The smallest absolute Gasteiger partial charge is 0.0547 e. The van der Waals surface area contributed by atoms with E-state index >= 15 is 0 Å². The number of nitrogens with zero attached hydrogens (tertiary/aromatic N) is 1. The monoisotopic (exact) mass is 192 g/mol. The summed E-state index contributed by atoms with van der Waals surface area (Å²) in [4.78, 5) is 0. The van der Waals surface area contributed by atoms with Crippen molar-refractivity contribution in [1.29, 1.82) is 0 Å². The molecule has 0 amide bonds. The number of hydrogen-bond donors (Lipinski definition) is 1. The SMILES string of the molecule is CC.CC(C)C1C=C2C=CC=CN2N1. The van der Waals surface area contributed by atoms with Crippen molar-refractivity contribution in [3.8, 4) is 0 Å². The highest BCUT2D eigenvalue weighted by molar-refractivity contribution is 5.31. The maximum Gasteiger partial charge on any atom is 0.0547 e. The van der Waals surface area contributed by atoms with Gasteiger partial charge in [-0.1, -0.05) is 33.8 Å². The van der Waals surface area contributed by atoms with Crippen molar-refractivity contribution in [2.24, 2.45) is 5.92 Å². The predicted molar refractivity (Wildman–Crippen MR) is 61.3 cm³/mol. The molecular formula is C12H20N2. The fourth-order valence-corrected chi connectivity index (χ4v) is 1.43. The normalized spacial score (nSPS) is 23.1. The van der Waals surface area contributed by atoms with Gasteiger partial charge in [0.1, 0.15) is 0 Å². The lowest BCUT2D eigenvalue weighted by Crippen LogP contribution is -2.36. The molecule has 2 aliphatic heterocycles. The van der Waals surface area contributed by atoms with E-state index in [2.05, 4.69) is 42.5 Å². The van der Waals surface area contributed by atoms with Gasteiger partial charge in [-0.2, -0.15) is 0 Å². The first-order chi connectivity index (χ1) is 6.77. The molecule has 0 bridgehead atoms. The van der Waals surface area contributed by atoms with Gasteiger partial charge in [-0.3, -0.25) is 5.01 Å². The molecule has 2 heteroatoms. The second-order valence-corrected chi connectivity index (χ2v) is 3.56. The number of hydrazine groups is 1. The largest absolute Gasteiger partial charge is 0.284 e. The number of rotatable bonds is 1. The Bertz CT molecular complexity index is 261. The summed E-state index contributed by atoms with van der Waals surface area (Å²) in [5.41, 5.74) is 4.66. The molecule has 0 saturated carbocycles. The maximum absolute atomic E-state index is 3.40. The van der Waals surface area contributed by atoms with E-state index in [0.29, 0.717) is 12.0 Å². The van der Waals surface area contributed by atoms with Crippen molar-refractivity contribution in [2.75, 3.05) is 0 Å². The molecule has 0 aromatic heterocycles. The number of hydrogen-bond acceptors (Lipinski definition) is 2. The van der Waals surface area contributed by atoms with Crippen molar-refractivity contribution < 1.29 is 0 Å². The van der Waals surface area contributed by atoms with Crippen molar-refractivity contribution in [3.63, 3.8) is 0 Å². The van der Waals surface area contributed by atoms with Gasteiger partial charge < -0.3 is 0 Å². The molecule has 1 atom stereocenters. The Morgan fingerprint density at radius 2 is 2.00 bits per heavy atom. The first kappa shape index (κ1) is 11.1. The van der Waals surface area contributed by atoms with Crippen molar-refractivity contribution in [3.05, 3.63) is 36.2 Å². The highest BCUT2D eigenvalue weighted by atomic mass is 15.5. The average Bonchev–Trinajstić information content (AvgIpc) is 2.64. The van der Waals surface area contributed by atoms with Gasteiger partial charge in [0.2, 0.25) is 0 Å². The molecule has 0 aromatic rings. The van der Waals surface area contributed by atoms with E-state index in [9.17, 15) is 0 Å². The van der Waals surface area contributed by atoms with Crippen molar-refractivity contribution in [1.82, 2.24) is 10.4 Å². The zero-order chi connectivity index (χ0) is 10.6. The Morgan fingerprint density at radius 1 is 1.29 bits per heavy atom. The van der Waals surface area contributed by atoms with Crippen LogP contribution in [0.15, 0.2) is 36.2 Å². The van der Waals surface area contributed by atoms with E-state index in [-0.39, 0.29) is 0 Å². The molecule has 0 aliphatic carbocycles. The van der Waals surface area contributed by atoms with E-state index in [4.69, 9.17) is 0 Å². The Balaban J connectivity index is 0.000000461.